The lowest BCUT2D eigenvalue weighted by Crippen LogP contribution is -2.53. The summed E-state index contributed by atoms with van der Waals surface area (Å²) in [7, 11) is 0. The molecular weight excluding hydrogens is 272 g/mol. The third-order valence-electron chi connectivity index (χ3n) is 3.36. The number of nitrogens with one attached hydrogen (secondary N) is 1. The molecule has 0 unspecified atom stereocenters. The number of likely N-dealkylation sites (tertiary alicyclic amines) is 1. The molecule has 1 N–H and O–H groups in total. The van der Waals surface area contributed by atoms with E-state index in [1.54, 1.807) is 0 Å². The van der Waals surface area contributed by atoms with E-state index >= 15 is 0 Å². The zero-order valence-electron chi connectivity index (χ0n) is 13.4. The average molecular weight is 304 g/mol. The van der Waals surface area contributed by atoms with Crippen molar-refractivity contribution >= 4 is 5.91 Å². The molecule has 0 spiro atoms. The second-order valence-corrected chi connectivity index (χ2v) is 5.17. The largest absolute Gasteiger partial charge is 0.379 e. The quantitative estimate of drug-likeness (QED) is 0.509. The van der Waals surface area contributed by atoms with Crippen molar-refractivity contribution in [1.29, 1.82) is 0 Å². The number of carbonyl (C=O) groups is 1. The fourth-order valence-electron chi connectivity index (χ4n) is 2.21. The van der Waals surface area contributed by atoms with E-state index in [0.29, 0.717) is 39.6 Å². The Hall–Kier alpha value is -0.690. The topological polar surface area (TPSA) is 60.0 Å². The van der Waals surface area contributed by atoms with Gasteiger partial charge in [-0.05, 0) is 19.9 Å². The van der Waals surface area contributed by atoms with E-state index in [2.05, 4.69) is 17.1 Å². The van der Waals surface area contributed by atoms with Crippen LogP contribution in [0.1, 0.15) is 21.7 Å². The molecule has 0 saturated carbocycles. The van der Waals surface area contributed by atoms with Crippen molar-refractivity contribution in [2.75, 3.05) is 65.8 Å². The molecule has 0 aromatic rings. The molecule has 0 radical (unpaired) electrons. The molecule has 1 aliphatic rings. The molecule has 1 saturated heterocycles. The highest BCUT2D eigenvalue weighted by Crippen LogP contribution is 2.15. The van der Waals surface area contributed by atoms with Gasteiger partial charge in [-0.15, -0.1) is 0 Å². The number of hydrogen-bond acceptors (Lipinski definition) is 5. The van der Waals surface area contributed by atoms with E-state index in [1.807, 2.05) is 6.92 Å². The number of rotatable bonds is 13. The van der Waals surface area contributed by atoms with Crippen molar-refractivity contribution < 1.29 is 20.4 Å². The molecule has 1 fully saturated rings. The molecule has 6 heteroatoms. The summed E-state index contributed by atoms with van der Waals surface area (Å²) in [5.74, 6) is 0.317. The zero-order chi connectivity index (χ0) is 15.3. The van der Waals surface area contributed by atoms with Crippen LogP contribution in [0, 0.1) is 5.92 Å². The van der Waals surface area contributed by atoms with E-state index < -0.39 is 0 Å². The van der Waals surface area contributed by atoms with Gasteiger partial charge in [0.05, 0.1) is 39.0 Å². The smallest absolute Gasteiger partial charge is 0.225 e. The van der Waals surface area contributed by atoms with Gasteiger partial charge in [-0.3, -0.25) is 4.79 Å². The monoisotopic (exact) mass is 304 g/mol. The SMILES string of the molecule is CCCN1CC(C(=O)NCCOCCOCCOCC)C1.[HH]. The third kappa shape index (κ3) is 8.36. The van der Waals surface area contributed by atoms with Gasteiger partial charge in [0.1, 0.15) is 0 Å². The van der Waals surface area contributed by atoms with E-state index in [9.17, 15) is 4.79 Å². The zero-order valence-corrected chi connectivity index (χ0v) is 13.4. The van der Waals surface area contributed by atoms with Crippen molar-refractivity contribution in [3.63, 3.8) is 0 Å². The van der Waals surface area contributed by atoms with E-state index in [1.165, 1.54) is 0 Å². The first-order valence-electron chi connectivity index (χ1n) is 8.01. The van der Waals surface area contributed by atoms with Gasteiger partial charge in [-0.1, -0.05) is 6.92 Å². The third-order valence-corrected chi connectivity index (χ3v) is 3.36. The number of carbonyl (C=O) groups excluding carboxylic acids is 1. The fourth-order valence-corrected chi connectivity index (χ4v) is 2.21. The highest BCUT2D eigenvalue weighted by atomic mass is 16.5. The Morgan fingerprint density at radius 3 is 2.33 bits per heavy atom. The van der Waals surface area contributed by atoms with Crippen LogP contribution in [0.3, 0.4) is 0 Å². The maximum absolute atomic E-state index is 11.8. The molecule has 21 heavy (non-hydrogen) atoms. The molecule has 6 nitrogen and oxygen atoms in total. The Morgan fingerprint density at radius 2 is 1.71 bits per heavy atom. The molecule has 0 atom stereocenters. The van der Waals surface area contributed by atoms with Crippen molar-refractivity contribution in [3.8, 4) is 0 Å². The summed E-state index contributed by atoms with van der Waals surface area (Å²) < 4.78 is 15.9. The highest BCUT2D eigenvalue weighted by molar-refractivity contribution is 5.79. The number of nitrogens with zero attached hydrogens (tertiary/aromatic N) is 1. The predicted octanol–water partition coefficient (Wildman–Crippen LogP) is 0.760. The van der Waals surface area contributed by atoms with Crippen LogP contribution in [0.4, 0.5) is 0 Å². The van der Waals surface area contributed by atoms with Gasteiger partial charge < -0.3 is 24.4 Å². The highest BCUT2D eigenvalue weighted by Gasteiger charge is 2.31. The van der Waals surface area contributed by atoms with E-state index in [4.69, 9.17) is 14.2 Å². The lowest BCUT2D eigenvalue weighted by molar-refractivity contribution is -0.130. The molecule has 0 bridgehead atoms. The number of hydrogen-bond donors (Lipinski definition) is 1. The molecule has 0 aromatic heterocycles. The summed E-state index contributed by atoms with van der Waals surface area (Å²) in [6, 6.07) is 0. The van der Waals surface area contributed by atoms with Crippen molar-refractivity contribution in [2.24, 2.45) is 5.92 Å². The van der Waals surface area contributed by atoms with Crippen LogP contribution in [-0.4, -0.2) is 76.6 Å². The van der Waals surface area contributed by atoms with Crippen molar-refractivity contribution in [3.05, 3.63) is 0 Å². The minimum absolute atomic E-state index is 0. The molecule has 1 aliphatic heterocycles. The summed E-state index contributed by atoms with van der Waals surface area (Å²) in [6.07, 6.45) is 1.15. The molecule has 0 aliphatic carbocycles. The first-order chi connectivity index (χ1) is 10.3. The second kappa shape index (κ2) is 11.9. The standard InChI is InChI=1S/C15H30N2O4.H2/c1-3-6-17-12-14(13-17)15(18)16-5-7-20-10-11-21-9-8-19-4-2;/h14H,3-13H2,1-2H3,(H,16,18);1H. The summed E-state index contributed by atoms with van der Waals surface area (Å²) in [5.41, 5.74) is 0. The molecule has 126 valence electrons. The number of ether oxygens (including phenoxy) is 3. The normalized spacial score (nSPS) is 15.9. The first-order valence-corrected chi connectivity index (χ1v) is 8.01. The second-order valence-electron chi connectivity index (χ2n) is 5.17. The molecule has 1 amide bonds. The minimum atomic E-state index is 0. The lowest BCUT2D eigenvalue weighted by atomic mass is 9.99. The fraction of sp³-hybridized carbons (Fsp3) is 0.933. The van der Waals surface area contributed by atoms with Gasteiger partial charge in [0, 0.05) is 27.7 Å². The van der Waals surface area contributed by atoms with Gasteiger partial charge in [0.25, 0.3) is 0 Å². The Labute approximate surface area is 129 Å². The first kappa shape index (κ1) is 18.4. The Bertz CT molecular complexity index is 276. The molecule has 1 heterocycles. The van der Waals surface area contributed by atoms with Gasteiger partial charge in [-0.2, -0.15) is 0 Å². The van der Waals surface area contributed by atoms with Crippen LogP contribution in [0.15, 0.2) is 0 Å². The van der Waals surface area contributed by atoms with Gasteiger partial charge >= 0.3 is 0 Å². The Kier molecular flexibility index (Phi) is 10.4. The van der Waals surface area contributed by atoms with Crippen LogP contribution < -0.4 is 5.32 Å². The number of amides is 1. The average Bonchev–Trinajstić information content (AvgIpc) is 2.44. The van der Waals surface area contributed by atoms with Crippen LogP contribution in [-0.2, 0) is 19.0 Å². The maximum atomic E-state index is 11.8. The van der Waals surface area contributed by atoms with Crippen LogP contribution in [0.5, 0.6) is 0 Å². The minimum Gasteiger partial charge on any atom is -0.379 e. The maximum Gasteiger partial charge on any atom is 0.225 e. The molecular formula is C15H32N2O4. The molecule has 1 rings (SSSR count). The molecule has 0 aromatic carbocycles. The van der Waals surface area contributed by atoms with Crippen molar-refractivity contribution in [1.82, 2.24) is 10.2 Å². The lowest BCUT2D eigenvalue weighted by Gasteiger charge is -2.37. The predicted molar refractivity (Wildman–Crippen MR) is 83.5 cm³/mol. The summed E-state index contributed by atoms with van der Waals surface area (Å²) in [4.78, 5) is 14.1. The van der Waals surface area contributed by atoms with Crippen LogP contribution in [0.2, 0.25) is 0 Å². The van der Waals surface area contributed by atoms with E-state index in [0.717, 1.165) is 32.7 Å². The summed E-state index contributed by atoms with van der Waals surface area (Å²) >= 11 is 0. The van der Waals surface area contributed by atoms with Crippen LogP contribution >= 0.6 is 0 Å². The Morgan fingerprint density at radius 1 is 1.10 bits per heavy atom. The van der Waals surface area contributed by atoms with Crippen LogP contribution in [0.25, 0.3) is 0 Å². The van der Waals surface area contributed by atoms with Crippen molar-refractivity contribution in [2.45, 2.75) is 20.3 Å². The van der Waals surface area contributed by atoms with Gasteiger partial charge in [0.15, 0.2) is 0 Å². The summed E-state index contributed by atoms with van der Waals surface area (Å²) in [6.45, 7) is 11.2. The van der Waals surface area contributed by atoms with E-state index in [-0.39, 0.29) is 13.3 Å². The van der Waals surface area contributed by atoms with Gasteiger partial charge in [0.2, 0.25) is 5.91 Å². The van der Waals surface area contributed by atoms with Gasteiger partial charge in [-0.25, -0.2) is 0 Å². The Balaban J connectivity index is 0.00000441. The summed E-state index contributed by atoms with van der Waals surface area (Å²) in [5, 5.41) is 2.91.